The first-order valence-corrected chi connectivity index (χ1v) is 4.04. The Morgan fingerprint density at radius 1 is 1.55 bits per heavy atom. The molecule has 1 saturated carbocycles. The quantitative estimate of drug-likeness (QED) is 0.640. The van der Waals surface area contributed by atoms with E-state index in [0.717, 1.165) is 19.3 Å². The molecule has 2 atom stereocenters. The highest BCUT2D eigenvalue weighted by atomic mass is 16.4. The summed E-state index contributed by atoms with van der Waals surface area (Å²) < 4.78 is 0. The monoisotopic (exact) mass is 158 g/mol. The molecule has 1 aliphatic rings. The standard InChI is InChI=1S/C8H14O3/c1-5(8(10)11)7(9)6-3-2-4-6/h5-7,9H,2-4H2,1H3,(H,10,11). The maximum atomic E-state index is 10.4. The molecule has 0 radical (unpaired) electrons. The van der Waals surface area contributed by atoms with Crippen LogP contribution in [0.5, 0.6) is 0 Å². The minimum Gasteiger partial charge on any atom is -0.481 e. The van der Waals surface area contributed by atoms with Crippen molar-refractivity contribution < 1.29 is 15.0 Å². The molecule has 0 aliphatic heterocycles. The Hall–Kier alpha value is -0.570. The summed E-state index contributed by atoms with van der Waals surface area (Å²) >= 11 is 0. The second kappa shape index (κ2) is 3.22. The molecule has 0 aromatic carbocycles. The lowest BCUT2D eigenvalue weighted by atomic mass is 9.77. The zero-order chi connectivity index (χ0) is 8.43. The van der Waals surface area contributed by atoms with Crippen molar-refractivity contribution in [3.63, 3.8) is 0 Å². The predicted molar refractivity (Wildman–Crippen MR) is 40.1 cm³/mol. The second-order valence-corrected chi connectivity index (χ2v) is 3.31. The fourth-order valence-corrected chi connectivity index (χ4v) is 1.34. The van der Waals surface area contributed by atoms with Crippen LogP contribution in [-0.4, -0.2) is 22.3 Å². The van der Waals surface area contributed by atoms with Crippen LogP contribution >= 0.6 is 0 Å². The van der Waals surface area contributed by atoms with E-state index in [1.54, 1.807) is 6.92 Å². The third-order valence-electron chi connectivity index (χ3n) is 2.53. The molecule has 1 fully saturated rings. The first kappa shape index (κ1) is 8.53. The molecule has 0 heterocycles. The molecule has 1 rings (SSSR count). The summed E-state index contributed by atoms with van der Waals surface area (Å²) in [6, 6.07) is 0. The molecule has 1 aliphatic carbocycles. The Bertz CT molecular complexity index is 151. The molecule has 0 aromatic rings. The van der Waals surface area contributed by atoms with Crippen LogP contribution in [-0.2, 0) is 4.79 Å². The zero-order valence-corrected chi connectivity index (χ0v) is 6.66. The maximum Gasteiger partial charge on any atom is 0.308 e. The molecule has 0 spiro atoms. The number of aliphatic hydroxyl groups is 1. The van der Waals surface area contributed by atoms with Gasteiger partial charge in [-0.1, -0.05) is 6.42 Å². The molecule has 0 amide bonds. The Kier molecular flexibility index (Phi) is 2.49. The van der Waals surface area contributed by atoms with E-state index in [-0.39, 0.29) is 5.92 Å². The van der Waals surface area contributed by atoms with Crippen molar-refractivity contribution in [1.29, 1.82) is 0 Å². The number of carboxylic acids is 1. The van der Waals surface area contributed by atoms with Crippen LogP contribution in [0.25, 0.3) is 0 Å². The van der Waals surface area contributed by atoms with E-state index < -0.39 is 18.0 Å². The van der Waals surface area contributed by atoms with Gasteiger partial charge in [-0.3, -0.25) is 4.79 Å². The fraction of sp³-hybridized carbons (Fsp3) is 0.875. The summed E-state index contributed by atoms with van der Waals surface area (Å²) in [4.78, 5) is 10.4. The van der Waals surface area contributed by atoms with Crippen LogP contribution in [0.15, 0.2) is 0 Å². The highest BCUT2D eigenvalue weighted by Gasteiger charge is 2.32. The summed E-state index contributed by atoms with van der Waals surface area (Å²) in [5.41, 5.74) is 0. The van der Waals surface area contributed by atoms with Gasteiger partial charge in [0.1, 0.15) is 0 Å². The third kappa shape index (κ3) is 1.71. The van der Waals surface area contributed by atoms with Crippen molar-refractivity contribution in [2.75, 3.05) is 0 Å². The van der Waals surface area contributed by atoms with Crippen LogP contribution in [0, 0.1) is 11.8 Å². The summed E-state index contributed by atoms with van der Waals surface area (Å²) in [7, 11) is 0. The van der Waals surface area contributed by atoms with Crippen molar-refractivity contribution in [3.05, 3.63) is 0 Å². The van der Waals surface area contributed by atoms with Gasteiger partial charge in [0, 0.05) is 0 Å². The van der Waals surface area contributed by atoms with E-state index in [9.17, 15) is 9.90 Å². The van der Waals surface area contributed by atoms with Gasteiger partial charge < -0.3 is 10.2 Å². The Morgan fingerprint density at radius 2 is 2.09 bits per heavy atom. The van der Waals surface area contributed by atoms with Crippen LogP contribution in [0.3, 0.4) is 0 Å². The van der Waals surface area contributed by atoms with E-state index in [1.165, 1.54) is 0 Å². The average molecular weight is 158 g/mol. The molecule has 2 unspecified atom stereocenters. The smallest absolute Gasteiger partial charge is 0.308 e. The predicted octanol–water partition coefficient (Wildman–Crippen LogP) is 0.868. The van der Waals surface area contributed by atoms with Crippen molar-refractivity contribution >= 4 is 5.97 Å². The molecule has 0 aromatic heterocycles. The van der Waals surface area contributed by atoms with Crippen LogP contribution in [0.1, 0.15) is 26.2 Å². The molecular weight excluding hydrogens is 144 g/mol. The zero-order valence-electron chi connectivity index (χ0n) is 6.66. The van der Waals surface area contributed by atoms with E-state index in [0.29, 0.717) is 0 Å². The molecule has 3 nitrogen and oxygen atoms in total. The number of carbonyl (C=O) groups is 1. The summed E-state index contributed by atoms with van der Waals surface area (Å²) in [6.45, 7) is 1.56. The summed E-state index contributed by atoms with van der Waals surface area (Å²) in [5, 5.41) is 18.0. The van der Waals surface area contributed by atoms with Crippen LogP contribution in [0.2, 0.25) is 0 Å². The van der Waals surface area contributed by atoms with Crippen molar-refractivity contribution in [2.24, 2.45) is 11.8 Å². The lowest BCUT2D eigenvalue weighted by Crippen LogP contribution is -2.35. The molecule has 11 heavy (non-hydrogen) atoms. The molecule has 0 saturated heterocycles. The lowest BCUT2D eigenvalue weighted by Gasteiger charge is -2.32. The van der Waals surface area contributed by atoms with Crippen molar-refractivity contribution in [2.45, 2.75) is 32.3 Å². The van der Waals surface area contributed by atoms with E-state index >= 15 is 0 Å². The number of hydrogen-bond acceptors (Lipinski definition) is 2. The molecule has 2 N–H and O–H groups in total. The van der Waals surface area contributed by atoms with E-state index in [4.69, 9.17) is 5.11 Å². The van der Waals surface area contributed by atoms with Gasteiger partial charge >= 0.3 is 5.97 Å². The number of aliphatic hydroxyl groups excluding tert-OH is 1. The normalized spacial score (nSPS) is 23.8. The Morgan fingerprint density at radius 3 is 2.36 bits per heavy atom. The molecule has 0 bridgehead atoms. The lowest BCUT2D eigenvalue weighted by molar-refractivity contribution is -0.147. The number of hydrogen-bond donors (Lipinski definition) is 2. The minimum absolute atomic E-state index is 0.237. The van der Waals surface area contributed by atoms with E-state index in [1.807, 2.05) is 0 Å². The van der Waals surface area contributed by atoms with Crippen LogP contribution < -0.4 is 0 Å². The van der Waals surface area contributed by atoms with Gasteiger partial charge in [-0.15, -0.1) is 0 Å². The van der Waals surface area contributed by atoms with E-state index in [2.05, 4.69) is 0 Å². The summed E-state index contributed by atoms with van der Waals surface area (Å²) in [5.74, 6) is -1.27. The van der Waals surface area contributed by atoms with Gasteiger partial charge in [-0.25, -0.2) is 0 Å². The third-order valence-corrected chi connectivity index (χ3v) is 2.53. The maximum absolute atomic E-state index is 10.4. The van der Waals surface area contributed by atoms with Crippen molar-refractivity contribution in [1.82, 2.24) is 0 Å². The highest BCUT2D eigenvalue weighted by Crippen LogP contribution is 2.32. The first-order valence-electron chi connectivity index (χ1n) is 4.04. The fourth-order valence-electron chi connectivity index (χ4n) is 1.34. The van der Waals surface area contributed by atoms with Gasteiger partial charge in [0.15, 0.2) is 0 Å². The van der Waals surface area contributed by atoms with Crippen molar-refractivity contribution in [3.8, 4) is 0 Å². The second-order valence-electron chi connectivity index (χ2n) is 3.31. The molecular formula is C8H14O3. The molecule has 3 heteroatoms. The number of rotatable bonds is 3. The van der Waals surface area contributed by atoms with Crippen LogP contribution in [0.4, 0.5) is 0 Å². The van der Waals surface area contributed by atoms with Gasteiger partial charge in [0.25, 0.3) is 0 Å². The van der Waals surface area contributed by atoms with Gasteiger partial charge in [-0.05, 0) is 25.7 Å². The number of carboxylic acid groups (broad SMARTS) is 1. The average Bonchev–Trinajstić information content (AvgIpc) is 1.82. The van der Waals surface area contributed by atoms with Gasteiger partial charge in [-0.2, -0.15) is 0 Å². The Labute approximate surface area is 66.0 Å². The largest absolute Gasteiger partial charge is 0.481 e. The number of aliphatic carboxylic acids is 1. The Balaban J connectivity index is 2.38. The SMILES string of the molecule is CC(C(=O)O)C(O)C1CCC1. The highest BCUT2D eigenvalue weighted by molar-refractivity contribution is 5.70. The van der Waals surface area contributed by atoms with Gasteiger partial charge in [0.2, 0.25) is 0 Å². The van der Waals surface area contributed by atoms with Gasteiger partial charge in [0.05, 0.1) is 12.0 Å². The first-order chi connectivity index (χ1) is 5.13. The summed E-state index contributed by atoms with van der Waals surface area (Å²) in [6.07, 6.45) is 2.47. The minimum atomic E-state index is -0.899. The topological polar surface area (TPSA) is 57.5 Å². The molecule has 64 valence electrons.